The molecule has 0 spiro atoms. The summed E-state index contributed by atoms with van der Waals surface area (Å²) in [6.45, 7) is 11.7. The molecule has 0 atom stereocenters. The van der Waals surface area contributed by atoms with Crippen molar-refractivity contribution in [2.24, 2.45) is 0 Å². The number of rotatable bonds is 8. The number of nitrogens with zero attached hydrogens (tertiary/aromatic N) is 1. The summed E-state index contributed by atoms with van der Waals surface area (Å²) < 4.78 is 11.7. The van der Waals surface area contributed by atoms with Crippen LogP contribution in [0.5, 0.6) is 0 Å². The van der Waals surface area contributed by atoms with Crippen LogP contribution in [-0.2, 0) is 8.85 Å². The van der Waals surface area contributed by atoms with Gasteiger partial charge in [-0.2, -0.15) is 0 Å². The van der Waals surface area contributed by atoms with Crippen LogP contribution in [0.3, 0.4) is 0 Å². The molecule has 1 saturated heterocycles. The molecule has 0 bridgehead atoms. The highest BCUT2D eigenvalue weighted by atomic mass is 28.4. The number of hydrogen-bond donors (Lipinski definition) is 0. The number of likely N-dealkylation sites (tertiary alicyclic amines) is 1. The second-order valence-corrected chi connectivity index (χ2v) is 8.35. The van der Waals surface area contributed by atoms with Gasteiger partial charge in [-0.3, -0.25) is 0 Å². The van der Waals surface area contributed by atoms with Crippen LogP contribution in [0.25, 0.3) is 0 Å². The van der Waals surface area contributed by atoms with Gasteiger partial charge in [0.1, 0.15) is 0 Å². The molecule has 0 aromatic carbocycles. The average molecular weight is 259 g/mol. The highest BCUT2D eigenvalue weighted by molar-refractivity contribution is 6.66. The van der Waals surface area contributed by atoms with Gasteiger partial charge in [0, 0.05) is 13.2 Å². The van der Waals surface area contributed by atoms with Crippen LogP contribution in [0, 0.1) is 0 Å². The predicted octanol–water partition coefficient (Wildman–Crippen LogP) is 3.01. The minimum absolute atomic E-state index is 0.784. The molecule has 0 aliphatic carbocycles. The lowest BCUT2D eigenvalue weighted by Crippen LogP contribution is -2.40. The molecule has 0 saturated carbocycles. The van der Waals surface area contributed by atoms with E-state index in [1.54, 1.807) is 0 Å². The zero-order chi connectivity index (χ0) is 12.6. The van der Waals surface area contributed by atoms with E-state index in [0.29, 0.717) is 0 Å². The summed E-state index contributed by atoms with van der Waals surface area (Å²) >= 11 is 0. The fraction of sp³-hybridized carbons (Fsp3) is 1.00. The van der Waals surface area contributed by atoms with Crippen LogP contribution in [0.1, 0.15) is 39.5 Å². The molecule has 0 amide bonds. The Morgan fingerprint density at radius 3 is 2.12 bits per heavy atom. The topological polar surface area (TPSA) is 21.7 Å². The first-order valence-electron chi connectivity index (χ1n) is 7.20. The monoisotopic (exact) mass is 259 g/mol. The first-order chi connectivity index (χ1) is 8.20. The maximum absolute atomic E-state index is 5.86. The van der Waals surface area contributed by atoms with Crippen LogP contribution in [0.4, 0.5) is 0 Å². The molecule has 0 unspecified atom stereocenters. The van der Waals surface area contributed by atoms with Crippen LogP contribution in [-0.4, -0.2) is 46.3 Å². The van der Waals surface area contributed by atoms with E-state index in [1.807, 2.05) is 0 Å². The van der Waals surface area contributed by atoms with Crippen molar-refractivity contribution in [2.45, 2.75) is 52.1 Å². The van der Waals surface area contributed by atoms with Crippen molar-refractivity contribution < 1.29 is 8.85 Å². The third kappa shape index (κ3) is 6.00. The molecule has 4 heteroatoms. The average Bonchev–Trinajstić information content (AvgIpc) is 2.31. The maximum atomic E-state index is 5.86. The quantitative estimate of drug-likeness (QED) is 0.626. The predicted molar refractivity (Wildman–Crippen MR) is 74.6 cm³/mol. The number of hydrogen-bond acceptors (Lipinski definition) is 3. The van der Waals surface area contributed by atoms with Crippen molar-refractivity contribution in [3.8, 4) is 0 Å². The summed E-state index contributed by atoms with van der Waals surface area (Å²) in [6.07, 6.45) is 5.40. The highest BCUT2D eigenvalue weighted by Crippen LogP contribution is 2.17. The Kier molecular flexibility index (Phi) is 7.35. The van der Waals surface area contributed by atoms with Gasteiger partial charge in [-0.15, -0.1) is 0 Å². The van der Waals surface area contributed by atoms with Gasteiger partial charge in [0.15, 0.2) is 0 Å². The lowest BCUT2D eigenvalue weighted by Gasteiger charge is -2.29. The second kappa shape index (κ2) is 8.24. The lowest BCUT2D eigenvalue weighted by atomic mass is 10.1. The Morgan fingerprint density at radius 1 is 1.00 bits per heavy atom. The molecule has 1 rings (SSSR count). The molecule has 1 aliphatic heterocycles. The molecule has 0 N–H and O–H groups in total. The highest BCUT2D eigenvalue weighted by Gasteiger charge is 2.30. The smallest absolute Gasteiger partial charge is 0.334 e. The van der Waals surface area contributed by atoms with Gasteiger partial charge in [-0.05, 0) is 65.3 Å². The van der Waals surface area contributed by atoms with Gasteiger partial charge >= 0.3 is 8.56 Å². The summed E-state index contributed by atoms with van der Waals surface area (Å²) in [5.41, 5.74) is 0. The fourth-order valence-electron chi connectivity index (χ4n) is 2.60. The van der Waals surface area contributed by atoms with E-state index in [1.165, 1.54) is 45.3 Å². The van der Waals surface area contributed by atoms with Crippen molar-refractivity contribution in [1.29, 1.82) is 0 Å². The first-order valence-corrected chi connectivity index (χ1v) is 9.73. The van der Waals surface area contributed by atoms with Gasteiger partial charge in [-0.25, -0.2) is 0 Å². The van der Waals surface area contributed by atoms with Crippen LogP contribution < -0.4 is 0 Å². The Morgan fingerprint density at radius 2 is 1.59 bits per heavy atom. The summed E-state index contributed by atoms with van der Waals surface area (Å²) in [5, 5.41) is 0. The zero-order valence-electron chi connectivity index (χ0n) is 11.8. The minimum Gasteiger partial charge on any atom is -0.395 e. The van der Waals surface area contributed by atoms with Gasteiger partial charge < -0.3 is 13.8 Å². The van der Waals surface area contributed by atoms with E-state index in [2.05, 4.69) is 25.3 Å². The molecular weight excluding hydrogens is 230 g/mol. The lowest BCUT2D eigenvalue weighted by molar-refractivity contribution is 0.183. The van der Waals surface area contributed by atoms with E-state index >= 15 is 0 Å². The maximum Gasteiger partial charge on any atom is 0.334 e. The molecule has 0 aromatic rings. The van der Waals surface area contributed by atoms with E-state index in [9.17, 15) is 0 Å². The molecule has 0 aromatic heterocycles. The Labute approximate surface area is 108 Å². The van der Waals surface area contributed by atoms with Crippen molar-refractivity contribution >= 4 is 8.56 Å². The first kappa shape index (κ1) is 15.2. The van der Waals surface area contributed by atoms with E-state index in [-0.39, 0.29) is 0 Å². The standard InChI is InChI=1S/C13H29NO2Si/c1-4-15-17(3,16-5-2)13-9-12-14-10-7-6-8-11-14/h4-13H2,1-3H3. The Balaban J connectivity index is 2.21. The summed E-state index contributed by atoms with van der Waals surface area (Å²) in [7, 11) is -1.86. The van der Waals surface area contributed by atoms with Gasteiger partial charge in [0.05, 0.1) is 0 Å². The summed E-state index contributed by atoms with van der Waals surface area (Å²) in [5.74, 6) is 0. The van der Waals surface area contributed by atoms with E-state index in [0.717, 1.165) is 19.3 Å². The molecule has 0 radical (unpaired) electrons. The van der Waals surface area contributed by atoms with Gasteiger partial charge in [0.25, 0.3) is 0 Å². The van der Waals surface area contributed by atoms with E-state index in [4.69, 9.17) is 8.85 Å². The molecule has 1 fully saturated rings. The fourth-order valence-corrected chi connectivity index (χ4v) is 5.00. The summed E-state index contributed by atoms with van der Waals surface area (Å²) in [6, 6.07) is 1.13. The molecule has 1 aliphatic rings. The van der Waals surface area contributed by atoms with Gasteiger partial charge in [-0.1, -0.05) is 6.42 Å². The number of piperidine rings is 1. The van der Waals surface area contributed by atoms with Crippen LogP contribution >= 0.6 is 0 Å². The molecule has 102 valence electrons. The van der Waals surface area contributed by atoms with Crippen molar-refractivity contribution in [1.82, 2.24) is 4.90 Å². The van der Waals surface area contributed by atoms with E-state index < -0.39 is 8.56 Å². The summed E-state index contributed by atoms with van der Waals surface area (Å²) in [4.78, 5) is 2.59. The minimum atomic E-state index is -1.86. The molecule has 17 heavy (non-hydrogen) atoms. The molecule has 3 nitrogen and oxygen atoms in total. The third-order valence-electron chi connectivity index (χ3n) is 3.45. The van der Waals surface area contributed by atoms with Crippen LogP contribution in [0.15, 0.2) is 0 Å². The second-order valence-electron chi connectivity index (χ2n) is 5.01. The van der Waals surface area contributed by atoms with Crippen molar-refractivity contribution in [2.75, 3.05) is 32.8 Å². The normalized spacial score (nSPS) is 18.5. The SMILES string of the molecule is CCO[Si](C)(CCCN1CCCCC1)OCC. The molecule has 1 heterocycles. The largest absolute Gasteiger partial charge is 0.395 e. The zero-order valence-corrected chi connectivity index (χ0v) is 12.8. The van der Waals surface area contributed by atoms with Gasteiger partial charge in [0.2, 0.25) is 0 Å². The van der Waals surface area contributed by atoms with Crippen molar-refractivity contribution in [3.63, 3.8) is 0 Å². The van der Waals surface area contributed by atoms with Crippen molar-refractivity contribution in [3.05, 3.63) is 0 Å². The van der Waals surface area contributed by atoms with Crippen LogP contribution in [0.2, 0.25) is 12.6 Å². The third-order valence-corrected chi connectivity index (χ3v) is 6.51. The molecular formula is C13H29NO2Si. The Hall–Kier alpha value is 0.0969. The Bertz CT molecular complexity index is 190.